The first-order valence-electron chi connectivity index (χ1n) is 10.6. The number of hydrogen-bond acceptors (Lipinski definition) is 2. The van der Waals surface area contributed by atoms with Gasteiger partial charge in [-0.3, -0.25) is 9.59 Å². The van der Waals surface area contributed by atoms with Crippen molar-refractivity contribution in [3.05, 3.63) is 0 Å². The summed E-state index contributed by atoms with van der Waals surface area (Å²) in [5.41, 5.74) is 0. The van der Waals surface area contributed by atoms with Gasteiger partial charge in [-0.1, -0.05) is 96.8 Å². The van der Waals surface area contributed by atoms with Gasteiger partial charge in [0.25, 0.3) is 0 Å². The molecule has 0 radical (unpaired) electrons. The Morgan fingerprint density at radius 1 is 0.769 bits per heavy atom. The molecule has 26 heavy (non-hydrogen) atoms. The van der Waals surface area contributed by atoms with Crippen LogP contribution in [-0.2, 0) is 9.59 Å². The number of hydrogen-bond donors (Lipinski definition) is 2. The van der Waals surface area contributed by atoms with E-state index in [1.54, 1.807) is 0 Å². The van der Waals surface area contributed by atoms with Gasteiger partial charge >= 0.3 is 57.4 Å². The molecule has 0 aliphatic heterocycles. The molecule has 0 spiro atoms. The number of aliphatic carboxylic acids is 1. The zero-order valence-corrected chi connectivity index (χ0v) is 20.8. The van der Waals surface area contributed by atoms with Crippen molar-refractivity contribution in [3.8, 4) is 0 Å². The molecule has 0 saturated heterocycles. The minimum atomic E-state index is -0.982. The maximum Gasteiger partial charge on any atom is 1.00 e. The van der Waals surface area contributed by atoms with Gasteiger partial charge in [0, 0.05) is 6.42 Å². The minimum Gasteiger partial charge on any atom is -1.00 e. The van der Waals surface area contributed by atoms with Crippen molar-refractivity contribution in [2.24, 2.45) is 0 Å². The van der Waals surface area contributed by atoms with Crippen LogP contribution in [0.3, 0.4) is 0 Å². The number of rotatable bonds is 18. The first-order valence-corrected chi connectivity index (χ1v) is 10.6. The summed E-state index contributed by atoms with van der Waals surface area (Å²) in [6.45, 7) is 3.76. The summed E-state index contributed by atoms with van der Waals surface area (Å²) in [4.78, 5) is 22.2. The molecule has 0 saturated carbocycles. The maximum absolute atomic E-state index is 11.5. The molecular weight excluding hydrogens is 353 g/mol. The molecule has 4 nitrogen and oxygen atoms in total. The van der Waals surface area contributed by atoms with Gasteiger partial charge < -0.3 is 11.8 Å². The van der Waals surface area contributed by atoms with Crippen molar-refractivity contribution in [2.75, 3.05) is 0 Å². The van der Waals surface area contributed by atoms with Gasteiger partial charge in [-0.2, -0.15) is 0 Å². The number of carboxylic acid groups (broad SMARTS) is 1. The van der Waals surface area contributed by atoms with Crippen molar-refractivity contribution < 1.29 is 67.5 Å². The topological polar surface area (TPSA) is 66.4 Å². The molecule has 0 aromatic carbocycles. The Labute approximate surface area is 205 Å². The molecule has 0 fully saturated rings. The molecule has 0 heterocycles. The van der Waals surface area contributed by atoms with Crippen molar-refractivity contribution >= 4 is 11.9 Å². The zero-order valence-electron chi connectivity index (χ0n) is 18.7. The summed E-state index contributed by atoms with van der Waals surface area (Å²) < 4.78 is 0. The molecular formula is C21H42KNO3. The van der Waals surface area contributed by atoms with E-state index >= 15 is 0 Å². The first kappa shape index (κ1) is 28.8. The fraction of sp³-hybridized carbons (Fsp3) is 0.905. The monoisotopic (exact) mass is 395 g/mol. The van der Waals surface area contributed by atoms with Crippen LogP contribution in [0.1, 0.15) is 118 Å². The van der Waals surface area contributed by atoms with E-state index in [2.05, 4.69) is 12.2 Å². The predicted molar refractivity (Wildman–Crippen MR) is 106 cm³/mol. The largest absolute Gasteiger partial charge is 1.00 e. The van der Waals surface area contributed by atoms with E-state index in [0.717, 1.165) is 12.8 Å². The van der Waals surface area contributed by atoms with Crippen molar-refractivity contribution in [3.63, 3.8) is 0 Å². The van der Waals surface area contributed by atoms with Crippen LogP contribution in [0.5, 0.6) is 0 Å². The first-order chi connectivity index (χ1) is 12.1. The Kier molecular flexibility index (Phi) is 24.2. The average Bonchev–Trinajstić information content (AvgIpc) is 2.58. The number of amides is 1. The molecule has 150 valence electrons. The molecule has 2 N–H and O–H groups in total. The third kappa shape index (κ3) is 20.9. The molecule has 0 bridgehead atoms. The number of carbonyl (C=O) groups excluding carboxylic acids is 1. The summed E-state index contributed by atoms with van der Waals surface area (Å²) in [6.07, 6.45) is 20.0. The van der Waals surface area contributed by atoms with Crippen molar-refractivity contribution in [2.45, 2.75) is 123 Å². The molecule has 1 atom stereocenters. The number of unbranched alkanes of at least 4 members (excludes halogenated alkanes) is 14. The Balaban J connectivity index is -0.00000288. The molecule has 0 aromatic rings. The van der Waals surface area contributed by atoms with Crippen LogP contribution in [-0.4, -0.2) is 23.0 Å². The second-order valence-corrected chi connectivity index (χ2v) is 7.33. The summed E-state index contributed by atoms with van der Waals surface area (Å²) >= 11 is 0. The standard InChI is InChI=1S/C21H41NO3.K.H/c1-3-4-5-6-7-8-9-10-11-12-13-14-15-16-17-18-20(23)22-19(2)21(24)25;;/h19H,3-18H2,1-2H3,(H,22,23)(H,24,25);;/q;+1;-1/t19-;;/m0../s1. The second kappa shape index (κ2) is 21.9. The minimum absolute atomic E-state index is 0. The zero-order chi connectivity index (χ0) is 18.8. The van der Waals surface area contributed by atoms with E-state index < -0.39 is 12.0 Å². The summed E-state index contributed by atoms with van der Waals surface area (Å²) in [5, 5.41) is 11.2. The number of carbonyl (C=O) groups is 2. The fourth-order valence-corrected chi connectivity index (χ4v) is 3.03. The van der Waals surface area contributed by atoms with Crippen molar-refractivity contribution in [1.82, 2.24) is 5.32 Å². The van der Waals surface area contributed by atoms with Gasteiger partial charge in [0.15, 0.2) is 0 Å². The SMILES string of the molecule is CCCCCCCCCCCCCCCCCC(=O)N[C@@H](C)C(=O)O.[H-].[K+]. The maximum atomic E-state index is 11.5. The van der Waals surface area contributed by atoms with E-state index in [4.69, 9.17) is 5.11 Å². The molecule has 0 aliphatic rings. The van der Waals surface area contributed by atoms with Gasteiger partial charge in [0.1, 0.15) is 6.04 Å². The Bertz CT molecular complexity index is 343. The molecule has 0 aliphatic carbocycles. The number of nitrogens with one attached hydrogen (secondary N) is 1. The Morgan fingerprint density at radius 3 is 1.46 bits per heavy atom. The second-order valence-electron chi connectivity index (χ2n) is 7.33. The van der Waals surface area contributed by atoms with E-state index in [1.807, 2.05) is 0 Å². The Hall–Kier alpha value is 0.576. The summed E-state index contributed by atoms with van der Waals surface area (Å²) in [6, 6.07) is -0.788. The average molecular weight is 396 g/mol. The van der Waals surface area contributed by atoms with E-state index in [1.165, 1.54) is 90.4 Å². The number of carboxylic acids is 1. The van der Waals surface area contributed by atoms with Gasteiger partial charge in [-0.15, -0.1) is 0 Å². The Morgan fingerprint density at radius 2 is 1.12 bits per heavy atom. The van der Waals surface area contributed by atoms with Gasteiger partial charge in [0.05, 0.1) is 0 Å². The molecule has 0 rings (SSSR count). The van der Waals surface area contributed by atoms with Gasteiger partial charge in [0.2, 0.25) is 5.91 Å². The van der Waals surface area contributed by atoms with Crippen LogP contribution < -0.4 is 56.7 Å². The fourth-order valence-electron chi connectivity index (χ4n) is 3.03. The molecule has 1 amide bonds. The summed E-state index contributed by atoms with van der Waals surface area (Å²) in [7, 11) is 0. The van der Waals surface area contributed by atoms with Crippen LogP contribution in [0.15, 0.2) is 0 Å². The van der Waals surface area contributed by atoms with Crippen molar-refractivity contribution in [1.29, 1.82) is 0 Å². The van der Waals surface area contributed by atoms with Gasteiger partial charge in [-0.25, -0.2) is 0 Å². The molecule has 0 aromatic heterocycles. The van der Waals surface area contributed by atoms with Crippen LogP contribution in [0.4, 0.5) is 0 Å². The van der Waals surface area contributed by atoms with E-state index in [0.29, 0.717) is 6.42 Å². The quantitative estimate of drug-likeness (QED) is 0.277. The molecule has 5 heteroatoms. The van der Waals surface area contributed by atoms with Crippen LogP contribution >= 0.6 is 0 Å². The third-order valence-corrected chi connectivity index (χ3v) is 4.76. The van der Waals surface area contributed by atoms with Crippen LogP contribution in [0.2, 0.25) is 0 Å². The van der Waals surface area contributed by atoms with Gasteiger partial charge in [-0.05, 0) is 13.3 Å². The predicted octanol–water partition coefficient (Wildman–Crippen LogP) is 2.95. The van der Waals surface area contributed by atoms with Crippen LogP contribution in [0.25, 0.3) is 0 Å². The normalized spacial score (nSPS) is 11.6. The molecule has 0 unspecified atom stereocenters. The third-order valence-electron chi connectivity index (χ3n) is 4.76. The smallest absolute Gasteiger partial charge is 1.00 e. The summed E-state index contributed by atoms with van der Waals surface area (Å²) in [5.74, 6) is -1.13. The van der Waals surface area contributed by atoms with Crippen LogP contribution in [0, 0.1) is 0 Å². The van der Waals surface area contributed by atoms with E-state index in [-0.39, 0.29) is 58.7 Å². The van der Waals surface area contributed by atoms with E-state index in [9.17, 15) is 9.59 Å².